The Hall–Kier alpha value is -4.21. The third kappa shape index (κ3) is 7.01. The fourth-order valence-corrected chi connectivity index (χ4v) is 4.44. The lowest BCUT2D eigenvalue weighted by Gasteiger charge is -2.23. The van der Waals surface area contributed by atoms with E-state index in [2.05, 4.69) is 10.3 Å². The lowest BCUT2D eigenvalue weighted by atomic mass is 9.90. The molecule has 1 aliphatic carbocycles. The molecule has 0 bridgehead atoms. The van der Waals surface area contributed by atoms with Gasteiger partial charge >= 0.3 is 18.0 Å². The second-order valence-electron chi connectivity index (χ2n) is 10.2. The third-order valence-corrected chi connectivity index (χ3v) is 6.15. The second-order valence-corrected chi connectivity index (χ2v) is 10.2. The molecule has 1 aliphatic rings. The number of carbonyl (C=O) groups is 3. The van der Waals surface area contributed by atoms with Gasteiger partial charge in [-0.3, -0.25) is 9.67 Å². The SMILES string of the molecule is CCOC(=O)c1c2c(nn1CCC(NC(=O)OC(C)(C)C)C(=O)OCc1ccccc1)-c1ccncc1CC2. The molecule has 1 aromatic carbocycles. The van der Waals surface area contributed by atoms with E-state index in [-0.39, 0.29) is 26.2 Å². The van der Waals surface area contributed by atoms with E-state index in [0.29, 0.717) is 17.8 Å². The quantitative estimate of drug-likeness (QED) is 0.319. The summed E-state index contributed by atoms with van der Waals surface area (Å²) >= 11 is 0. The highest BCUT2D eigenvalue weighted by Gasteiger charge is 2.31. The van der Waals surface area contributed by atoms with Gasteiger partial charge in [0.25, 0.3) is 0 Å². The molecule has 4 rings (SSSR count). The van der Waals surface area contributed by atoms with Crippen molar-refractivity contribution in [2.75, 3.05) is 6.61 Å². The summed E-state index contributed by atoms with van der Waals surface area (Å²) in [6.45, 7) is 7.39. The average molecular weight is 535 g/mol. The first-order valence-electron chi connectivity index (χ1n) is 13.1. The van der Waals surface area contributed by atoms with Crippen molar-refractivity contribution >= 4 is 18.0 Å². The van der Waals surface area contributed by atoms with Crippen molar-refractivity contribution < 1.29 is 28.6 Å². The number of benzene rings is 1. The number of carbonyl (C=O) groups excluding carboxylic acids is 3. The van der Waals surface area contributed by atoms with E-state index in [1.807, 2.05) is 42.6 Å². The lowest BCUT2D eigenvalue weighted by Crippen LogP contribution is -2.44. The number of nitrogens with one attached hydrogen (secondary N) is 1. The maximum Gasteiger partial charge on any atom is 0.408 e. The molecule has 0 spiro atoms. The van der Waals surface area contributed by atoms with Gasteiger partial charge in [0, 0.05) is 30.1 Å². The maximum atomic E-state index is 13.1. The topological polar surface area (TPSA) is 122 Å². The Balaban J connectivity index is 1.58. The van der Waals surface area contributed by atoms with Crippen LogP contribution in [0, 0.1) is 0 Å². The number of nitrogens with zero attached hydrogens (tertiary/aromatic N) is 3. The van der Waals surface area contributed by atoms with Crippen molar-refractivity contribution in [3.63, 3.8) is 0 Å². The number of hydrogen-bond acceptors (Lipinski definition) is 8. The van der Waals surface area contributed by atoms with Crippen LogP contribution in [0.15, 0.2) is 48.8 Å². The smallest absolute Gasteiger partial charge is 0.408 e. The monoisotopic (exact) mass is 534 g/mol. The Labute approximate surface area is 227 Å². The second kappa shape index (κ2) is 12.1. The van der Waals surface area contributed by atoms with Gasteiger partial charge in [-0.25, -0.2) is 14.4 Å². The summed E-state index contributed by atoms with van der Waals surface area (Å²) in [5.41, 5.74) is 3.89. The van der Waals surface area contributed by atoms with Crippen molar-refractivity contribution in [2.24, 2.45) is 0 Å². The fraction of sp³-hybridized carbons (Fsp3) is 0.414. The van der Waals surface area contributed by atoms with Gasteiger partial charge in [-0.1, -0.05) is 30.3 Å². The predicted molar refractivity (Wildman–Crippen MR) is 143 cm³/mol. The van der Waals surface area contributed by atoms with E-state index in [4.69, 9.17) is 19.3 Å². The number of esters is 2. The Bertz CT molecular complexity index is 1330. The van der Waals surface area contributed by atoms with Crippen LogP contribution in [0.25, 0.3) is 11.3 Å². The zero-order chi connectivity index (χ0) is 28.0. The first-order valence-corrected chi connectivity index (χ1v) is 13.1. The predicted octanol–water partition coefficient (Wildman–Crippen LogP) is 4.25. The first kappa shape index (κ1) is 27.8. The van der Waals surface area contributed by atoms with Gasteiger partial charge in [-0.15, -0.1) is 0 Å². The number of rotatable bonds is 9. The summed E-state index contributed by atoms with van der Waals surface area (Å²) in [7, 11) is 0. The van der Waals surface area contributed by atoms with E-state index in [0.717, 1.165) is 28.7 Å². The molecule has 3 aromatic rings. The van der Waals surface area contributed by atoms with Crippen LogP contribution >= 0.6 is 0 Å². The molecule has 1 N–H and O–H groups in total. The van der Waals surface area contributed by atoms with Gasteiger partial charge in [-0.2, -0.15) is 5.10 Å². The molecule has 1 atom stereocenters. The van der Waals surface area contributed by atoms with Gasteiger partial charge in [0.05, 0.1) is 12.3 Å². The van der Waals surface area contributed by atoms with E-state index < -0.39 is 29.7 Å². The van der Waals surface area contributed by atoms with Gasteiger partial charge < -0.3 is 19.5 Å². The van der Waals surface area contributed by atoms with Crippen LogP contribution in [0.3, 0.4) is 0 Å². The van der Waals surface area contributed by atoms with Crippen LogP contribution in [0.5, 0.6) is 0 Å². The highest BCUT2D eigenvalue weighted by atomic mass is 16.6. The molecular weight excluding hydrogens is 500 g/mol. The number of fused-ring (bicyclic) bond motifs is 3. The Morgan fingerprint density at radius 3 is 2.56 bits per heavy atom. The Morgan fingerprint density at radius 1 is 1.08 bits per heavy atom. The van der Waals surface area contributed by atoms with Crippen LogP contribution in [0.2, 0.25) is 0 Å². The summed E-state index contributed by atoms with van der Waals surface area (Å²) in [5, 5.41) is 7.38. The van der Waals surface area contributed by atoms with Crippen LogP contribution in [0.1, 0.15) is 61.3 Å². The minimum absolute atomic E-state index is 0.0567. The summed E-state index contributed by atoms with van der Waals surface area (Å²) in [6.07, 6.45) is 4.22. The van der Waals surface area contributed by atoms with Crippen molar-refractivity contribution in [1.29, 1.82) is 0 Å². The molecule has 39 heavy (non-hydrogen) atoms. The number of alkyl carbamates (subject to hydrolysis) is 1. The van der Waals surface area contributed by atoms with Crippen molar-refractivity contribution in [2.45, 2.75) is 71.8 Å². The summed E-state index contributed by atoms with van der Waals surface area (Å²) in [4.78, 5) is 42.9. The third-order valence-electron chi connectivity index (χ3n) is 6.15. The molecule has 0 aliphatic heterocycles. The molecular formula is C29H34N4O6. The molecule has 1 unspecified atom stereocenters. The standard InChI is InChI=1S/C29H34N4O6/c1-5-37-27(35)25-22-12-11-20-17-30-15-13-21(20)24(22)32-33(25)16-14-23(31-28(36)39-29(2,3)4)26(34)38-18-19-9-7-6-8-10-19/h6-10,13,15,17,23H,5,11-12,14,16,18H2,1-4H3,(H,31,36). The number of aryl methyl sites for hydroxylation is 2. The highest BCUT2D eigenvalue weighted by Crippen LogP contribution is 2.34. The summed E-state index contributed by atoms with van der Waals surface area (Å²) < 4.78 is 17.8. The van der Waals surface area contributed by atoms with Gasteiger partial charge in [0.15, 0.2) is 0 Å². The molecule has 0 radical (unpaired) electrons. The van der Waals surface area contributed by atoms with Crippen molar-refractivity contribution in [3.8, 4) is 11.3 Å². The fourth-order valence-electron chi connectivity index (χ4n) is 4.44. The van der Waals surface area contributed by atoms with E-state index in [1.165, 1.54) is 0 Å². The van der Waals surface area contributed by atoms with E-state index >= 15 is 0 Å². The molecule has 1 amide bonds. The molecule has 2 aromatic heterocycles. The van der Waals surface area contributed by atoms with Gasteiger partial charge in [0.2, 0.25) is 0 Å². The minimum Gasteiger partial charge on any atom is -0.461 e. The van der Waals surface area contributed by atoms with Crippen LogP contribution in [-0.2, 0) is 45.0 Å². The maximum absolute atomic E-state index is 13.1. The number of amides is 1. The minimum atomic E-state index is -1.03. The molecule has 2 heterocycles. The van der Waals surface area contributed by atoms with Gasteiger partial charge in [0.1, 0.15) is 23.9 Å². The highest BCUT2D eigenvalue weighted by molar-refractivity contribution is 5.92. The van der Waals surface area contributed by atoms with Gasteiger partial charge in [-0.05, 0) is 64.2 Å². The van der Waals surface area contributed by atoms with Crippen molar-refractivity contribution in [3.05, 3.63) is 71.2 Å². The zero-order valence-corrected chi connectivity index (χ0v) is 22.7. The zero-order valence-electron chi connectivity index (χ0n) is 22.7. The van der Waals surface area contributed by atoms with E-state index in [1.54, 1.807) is 38.6 Å². The Kier molecular flexibility index (Phi) is 8.63. The lowest BCUT2D eigenvalue weighted by molar-refractivity contribution is -0.147. The number of aromatic nitrogens is 3. The number of pyridine rings is 1. The van der Waals surface area contributed by atoms with E-state index in [9.17, 15) is 14.4 Å². The molecule has 0 fully saturated rings. The first-order chi connectivity index (χ1) is 18.7. The Morgan fingerprint density at radius 2 is 1.85 bits per heavy atom. The summed E-state index contributed by atoms with van der Waals surface area (Å²) in [5.74, 6) is -1.09. The molecule has 10 nitrogen and oxygen atoms in total. The van der Waals surface area contributed by atoms with Crippen LogP contribution in [0.4, 0.5) is 4.79 Å². The van der Waals surface area contributed by atoms with Crippen molar-refractivity contribution in [1.82, 2.24) is 20.1 Å². The van der Waals surface area contributed by atoms with Crippen LogP contribution < -0.4 is 5.32 Å². The average Bonchev–Trinajstić information content (AvgIpc) is 3.28. The molecule has 0 saturated carbocycles. The number of hydrogen-bond donors (Lipinski definition) is 1. The molecule has 10 heteroatoms. The van der Waals surface area contributed by atoms with Crippen LogP contribution in [-0.4, -0.2) is 51.0 Å². The molecule has 206 valence electrons. The summed E-state index contributed by atoms with van der Waals surface area (Å²) in [6, 6.07) is 10.1. The molecule has 0 saturated heterocycles. The number of ether oxygens (including phenoxy) is 3. The largest absolute Gasteiger partial charge is 0.461 e. The normalized spacial score (nSPS) is 13.0.